The number of carbonyl (C=O) groups is 1. The maximum atomic E-state index is 12.6. The fraction of sp³-hybridized carbons (Fsp3) is 0.143. The molecule has 0 radical (unpaired) electrons. The Bertz CT molecular complexity index is 1160. The van der Waals surface area contributed by atoms with E-state index in [1.54, 1.807) is 18.1 Å². The number of hydrogen-bond donors (Lipinski definition) is 1. The number of amides is 1. The molecule has 1 amide bonds. The number of carbonyl (C=O) groups excluding carboxylic acids is 1. The first kappa shape index (κ1) is 19.7. The van der Waals surface area contributed by atoms with Crippen LogP contribution in [-0.4, -0.2) is 43.3 Å². The molecular formula is C21H20N6O2S. The first-order chi connectivity index (χ1) is 14.6. The van der Waals surface area contributed by atoms with Crippen LogP contribution < -0.4 is 10.1 Å². The van der Waals surface area contributed by atoms with Gasteiger partial charge in [-0.25, -0.2) is 4.68 Å². The van der Waals surface area contributed by atoms with E-state index in [1.807, 2.05) is 72.2 Å². The van der Waals surface area contributed by atoms with Crippen molar-refractivity contribution in [1.82, 2.24) is 24.5 Å². The number of nitrogens with one attached hydrogen (secondary N) is 1. The molecule has 2 aromatic carbocycles. The quantitative estimate of drug-likeness (QED) is 0.461. The lowest BCUT2D eigenvalue weighted by atomic mass is 10.3. The monoisotopic (exact) mass is 420 g/mol. The molecule has 0 aliphatic carbocycles. The number of aromatic nitrogens is 5. The van der Waals surface area contributed by atoms with Crippen molar-refractivity contribution >= 4 is 23.5 Å². The molecule has 0 bridgehead atoms. The van der Waals surface area contributed by atoms with Crippen LogP contribution >= 0.6 is 11.8 Å². The van der Waals surface area contributed by atoms with Crippen LogP contribution in [0.25, 0.3) is 11.4 Å². The highest BCUT2D eigenvalue weighted by Crippen LogP contribution is 2.23. The number of hydrogen-bond acceptors (Lipinski definition) is 6. The Morgan fingerprint density at radius 3 is 2.70 bits per heavy atom. The average molecular weight is 420 g/mol. The predicted molar refractivity (Wildman–Crippen MR) is 116 cm³/mol. The predicted octanol–water partition coefficient (Wildman–Crippen LogP) is 3.50. The van der Waals surface area contributed by atoms with Gasteiger partial charge in [0.05, 0.1) is 29.9 Å². The molecule has 0 fully saturated rings. The Morgan fingerprint density at radius 2 is 1.90 bits per heavy atom. The molecule has 2 aromatic heterocycles. The minimum atomic E-state index is -0.155. The third-order valence-corrected chi connectivity index (χ3v) is 5.22. The number of thioether (sulfide) groups is 1. The average Bonchev–Trinajstić information content (AvgIpc) is 3.39. The van der Waals surface area contributed by atoms with E-state index >= 15 is 0 Å². The van der Waals surface area contributed by atoms with Crippen molar-refractivity contribution in [3.05, 3.63) is 72.7 Å². The number of benzene rings is 2. The number of anilines is 1. The molecular weight excluding hydrogens is 400 g/mol. The number of nitrogens with zero attached hydrogens (tertiary/aromatic N) is 5. The molecule has 0 saturated carbocycles. The summed E-state index contributed by atoms with van der Waals surface area (Å²) in [6.07, 6.45) is 1.61. The third-order valence-electron chi connectivity index (χ3n) is 4.28. The van der Waals surface area contributed by atoms with Crippen LogP contribution in [-0.2, 0) is 4.79 Å². The van der Waals surface area contributed by atoms with E-state index < -0.39 is 0 Å². The Balaban J connectivity index is 1.45. The van der Waals surface area contributed by atoms with E-state index in [-0.39, 0.29) is 11.7 Å². The molecule has 8 nitrogen and oxygen atoms in total. The van der Waals surface area contributed by atoms with Gasteiger partial charge < -0.3 is 10.1 Å². The molecule has 4 rings (SSSR count). The Morgan fingerprint density at radius 1 is 1.10 bits per heavy atom. The molecule has 0 aliphatic heterocycles. The Labute approximate surface area is 177 Å². The van der Waals surface area contributed by atoms with Crippen molar-refractivity contribution < 1.29 is 9.53 Å². The maximum absolute atomic E-state index is 12.6. The zero-order valence-electron chi connectivity index (χ0n) is 16.5. The molecule has 1 N–H and O–H groups in total. The van der Waals surface area contributed by atoms with Crippen molar-refractivity contribution in [2.24, 2.45) is 0 Å². The number of para-hydroxylation sites is 1. The minimum Gasteiger partial charge on any atom is -0.497 e. The summed E-state index contributed by atoms with van der Waals surface area (Å²) in [5, 5.41) is 16.1. The molecule has 0 saturated heterocycles. The highest BCUT2D eigenvalue weighted by molar-refractivity contribution is 7.99. The zero-order chi connectivity index (χ0) is 20.9. The summed E-state index contributed by atoms with van der Waals surface area (Å²) >= 11 is 1.30. The molecule has 0 aliphatic rings. The number of methoxy groups -OCH3 is 1. The number of aryl methyl sites for hydroxylation is 1. The van der Waals surface area contributed by atoms with Gasteiger partial charge in [0, 0.05) is 12.1 Å². The lowest BCUT2D eigenvalue weighted by Crippen LogP contribution is -2.17. The summed E-state index contributed by atoms with van der Waals surface area (Å²) in [6, 6.07) is 19.1. The summed E-state index contributed by atoms with van der Waals surface area (Å²) in [5.41, 5.74) is 2.56. The van der Waals surface area contributed by atoms with Crippen LogP contribution in [0.15, 0.2) is 72.1 Å². The molecule has 0 spiro atoms. The van der Waals surface area contributed by atoms with Gasteiger partial charge >= 0.3 is 0 Å². The van der Waals surface area contributed by atoms with Crippen molar-refractivity contribution in [1.29, 1.82) is 0 Å². The third kappa shape index (κ3) is 4.36. The number of ether oxygens (including phenoxy) is 1. The van der Waals surface area contributed by atoms with Crippen molar-refractivity contribution in [2.45, 2.75) is 12.1 Å². The number of rotatable bonds is 7. The van der Waals surface area contributed by atoms with Gasteiger partial charge in [0.1, 0.15) is 17.9 Å². The second kappa shape index (κ2) is 8.83. The fourth-order valence-corrected chi connectivity index (χ4v) is 3.65. The van der Waals surface area contributed by atoms with Crippen LogP contribution in [0.3, 0.4) is 0 Å². The smallest absolute Gasteiger partial charge is 0.236 e. The first-order valence-electron chi connectivity index (χ1n) is 9.23. The van der Waals surface area contributed by atoms with Gasteiger partial charge in [-0.15, -0.1) is 10.2 Å². The minimum absolute atomic E-state index is 0.155. The van der Waals surface area contributed by atoms with Crippen LogP contribution in [0.4, 0.5) is 5.82 Å². The second-order valence-corrected chi connectivity index (χ2v) is 7.38. The van der Waals surface area contributed by atoms with E-state index in [1.165, 1.54) is 11.8 Å². The lowest BCUT2D eigenvalue weighted by molar-refractivity contribution is -0.113. The van der Waals surface area contributed by atoms with Gasteiger partial charge in [-0.3, -0.25) is 9.36 Å². The normalized spacial score (nSPS) is 10.7. The summed E-state index contributed by atoms with van der Waals surface area (Å²) in [6.45, 7) is 1.89. The lowest BCUT2D eigenvalue weighted by Gasteiger charge is -2.09. The fourth-order valence-electron chi connectivity index (χ4n) is 2.92. The summed E-state index contributed by atoms with van der Waals surface area (Å²) in [5.74, 6) is 1.39. The molecule has 30 heavy (non-hydrogen) atoms. The first-order valence-corrected chi connectivity index (χ1v) is 10.2. The second-order valence-electron chi connectivity index (χ2n) is 6.44. The highest BCUT2D eigenvalue weighted by Gasteiger charge is 2.14. The highest BCUT2D eigenvalue weighted by atomic mass is 32.2. The van der Waals surface area contributed by atoms with E-state index in [4.69, 9.17) is 4.74 Å². The van der Waals surface area contributed by atoms with Gasteiger partial charge in [0.2, 0.25) is 5.91 Å². The molecule has 152 valence electrons. The summed E-state index contributed by atoms with van der Waals surface area (Å²) in [4.78, 5) is 12.6. The van der Waals surface area contributed by atoms with E-state index in [2.05, 4.69) is 20.6 Å². The molecule has 0 unspecified atom stereocenters. The van der Waals surface area contributed by atoms with Crippen molar-refractivity contribution in [2.75, 3.05) is 18.2 Å². The van der Waals surface area contributed by atoms with E-state index in [0.717, 1.165) is 22.8 Å². The largest absolute Gasteiger partial charge is 0.497 e. The van der Waals surface area contributed by atoms with Crippen molar-refractivity contribution in [3.8, 4) is 17.1 Å². The van der Waals surface area contributed by atoms with E-state index in [9.17, 15) is 4.79 Å². The standard InChI is InChI=1S/C21H20N6O2S/c1-15-11-19(27(25-15)16-7-4-3-5-8-16)23-20(28)13-30-21-24-22-14-26(21)17-9-6-10-18(12-17)29-2/h3-12,14H,13H2,1-2H3,(H,23,28). The molecule has 4 aromatic rings. The van der Waals surface area contributed by atoms with Crippen molar-refractivity contribution in [3.63, 3.8) is 0 Å². The van der Waals surface area contributed by atoms with Gasteiger partial charge in [-0.05, 0) is 31.2 Å². The van der Waals surface area contributed by atoms with E-state index in [0.29, 0.717) is 11.0 Å². The van der Waals surface area contributed by atoms with Crippen LogP contribution in [0.5, 0.6) is 5.75 Å². The van der Waals surface area contributed by atoms with Gasteiger partial charge in [-0.2, -0.15) is 5.10 Å². The Kier molecular flexibility index (Phi) is 5.80. The topological polar surface area (TPSA) is 86.9 Å². The molecule has 2 heterocycles. The van der Waals surface area contributed by atoms with Gasteiger partial charge in [0.15, 0.2) is 5.16 Å². The Hall–Kier alpha value is -3.59. The summed E-state index contributed by atoms with van der Waals surface area (Å²) in [7, 11) is 1.62. The summed E-state index contributed by atoms with van der Waals surface area (Å²) < 4.78 is 8.81. The van der Waals surface area contributed by atoms with Gasteiger partial charge in [0.25, 0.3) is 0 Å². The molecule has 9 heteroatoms. The molecule has 0 atom stereocenters. The van der Waals surface area contributed by atoms with Crippen LogP contribution in [0, 0.1) is 6.92 Å². The van der Waals surface area contributed by atoms with Crippen LogP contribution in [0.2, 0.25) is 0 Å². The van der Waals surface area contributed by atoms with Gasteiger partial charge in [-0.1, -0.05) is 36.0 Å². The maximum Gasteiger partial charge on any atom is 0.236 e. The van der Waals surface area contributed by atoms with Crippen LogP contribution in [0.1, 0.15) is 5.69 Å². The SMILES string of the molecule is COc1cccc(-n2cnnc2SCC(=O)Nc2cc(C)nn2-c2ccccc2)c1. The zero-order valence-corrected chi connectivity index (χ0v) is 17.3.